The Morgan fingerprint density at radius 2 is 2.00 bits per heavy atom. The third kappa shape index (κ3) is 2.99. The molecule has 0 spiro atoms. The molecule has 2 aliphatic rings. The SMILES string of the molecule is C=C(Cl)CN(CCC)C1CC2CCC(C1)N2. The average molecular weight is 243 g/mol. The summed E-state index contributed by atoms with van der Waals surface area (Å²) in [7, 11) is 0. The minimum atomic E-state index is 0.717. The summed E-state index contributed by atoms with van der Waals surface area (Å²) in [5, 5.41) is 4.47. The number of rotatable bonds is 5. The molecule has 16 heavy (non-hydrogen) atoms. The normalized spacial score (nSPS) is 33.3. The van der Waals surface area contributed by atoms with Gasteiger partial charge in [-0.2, -0.15) is 0 Å². The third-order valence-electron chi connectivity index (χ3n) is 3.85. The first-order chi connectivity index (χ1) is 7.69. The van der Waals surface area contributed by atoms with Gasteiger partial charge in [0.05, 0.1) is 0 Å². The number of fused-ring (bicyclic) bond motifs is 2. The molecule has 92 valence electrons. The van der Waals surface area contributed by atoms with Gasteiger partial charge in [-0.15, -0.1) is 0 Å². The van der Waals surface area contributed by atoms with E-state index in [4.69, 9.17) is 11.6 Å². The second-order valence-electron chi connectivity index (χ2n) is 5.25. The molecule has 0 aromatic carbocycles. The fourth-order valence-electron chi connectivity index (χ4n) is 3.22. The summed E-state index contributed by atoms with van der Waals surface area (Å²) in [6, 6.07) is 2.23. The van der Waals surface area contributed by atoms with Gasteiger partial charge in [0.25, 0.3) is 0 Å². The highest BCUT2D eigenvalue weighted by atomic mass is 35.5. The smallest absolute Gasteiger partial charge is 0.0338 e. The van der Waals surface area contributed by atoms with E-state index in [9.17, 15) is 0 Å². The molecule has 2 atom stereocenters. The fourth-order valence-corrected chi connectivity index (χ4v) is 3.38. The predicted molar refractivity (Wildman–Crippen MR) is 69.8 cm³/mol. The van der Waals surface area contributed by atoms with Gasteiger partial charge in [-0.05, 0) is 38.6 Å². The zero-order valence-electron chi connectivity index (χ0n) is 10.2. The van der Waals surface area contributed by atoms with Crippen molar-refractivity contribution in [3.05, 3.63) is 11.6 Å². The van der Waals surface area contributed by atoms with E-state index in [0.29, 0.717) is 6.04 Å². The Balaban J connectivity index is 1.94. The summed E-state index contributed by atoms with van der Waals surface area (Å²) in [5.74, 6) is 0. The molecule has 1 N–H and O–H groups in total. The molecule has 0 saturated carbocycles. The minimum absolute atomic E-state index is 0.717. The van der Waals surface area contributed by atoms with Crippen molar-refractivity contribution in [1.82, 2.24) is 10.2 Å². The van der Waals surface area contributed by atoms with Gasteiger partial charge in [-0.1, -0.05) is 25.1 Å². The quantitative estimate of drug-likeness (QED) is 0.798. The highest BCUT2D eigenvalue weighted by Crippen LogP contribution is 2.30. The van der Waals surface area contributed by atoms with Crippen molar-refractivity contribution in [2.75, 3.05) is 13.1 Å². The topological polar surface area (TPSA) is 15.3 Å². The van der Waals surface area contributed by atoms with E-state index in [2.05, 4.69) is 23.7 Å². The summed E-state index contributed by atoms with van der Waals surface area (Å²) in [6.07, 6.45) is 6.51. The molecule has 0 aliphatic carbocycles. The molecule has 2 heterocycles. The molecule has 0 radical (unpaired) electrons. The third-order valence-corrected chi connectivity index (χ3v) is 3.97. The zero-order valence-corrected chi connectivity index (χ0v) is 11.0. The van der Waals surface area contributed by atoms with Crippen molar-refractivity contribution in [3.8, 4) is 0 Å². The molecule has 0 aromatic heterocycles. The largest absolute Gasteiger partial charge is 0.311 e. The van der Waals surface area contributed by atoms with E-state index in [1.807, 2.05) is 0 Å². The Morgan fingerprint density at radius 3 is 2.50 bits per heavy atom. The van der Waals surface area contributed by atoms with Gasteiger partial charge in [0.2, 0.25) is 0 Å². The van der Waals surface area contributed by atoms with Crippen LogP contribution in [0, 0.1) is 0 Å². The molecule has 2 nitrogen and oxygen atoms in total. The van der Waals surface area contributed by atoms with E-state index in [1.165, 1.54) is 32.1 Å². The van der Waals surface area contributed by atoms with Crippen LogP contribution in [0.25, 0.3) is 0 Å². The second kappa shape index (κ2) is 5.52. The van der Waals surface area contributed by atoms with E-state index in [-0.39, 0.29) is 0 Å². The molecule has 2 bridgehead atoms. The van der Waals surface area contributed by atoms with Gasteiger partial charge in [0, 0.05) is 29.7 Å². The average Bonchev–Trinajstić information content (AvgIpc) is 2.56. The van der Waals surface area contributed by atoms with Gasteiger partial charge < -0.3 is 5.32 Å². The lowest BCUT2D eigenvalue weighted by Gasteiger charge is -2.37. The van der Waals surface area contributed by atoms with Gasteiger partial charge in [0.1, 0.15) is 0 Å². The van der Waals surface area contributed by atoms with Crippen molar-refractivity contribution in [1.29, 1.82) is 0 Å². The predicted octanol–water partition coefficient (Wildman–Crippen LogP) is 2.73. The first-order valence-corrected chi connectivity index (χ1v) is 6.90. The van der Waals surface area contributed by atoms with Crippen LogP contribution in [0.5, 0.6) is 0 Å². The van der Waals surface area contributed by atoms with E-state index >= 15 is 0 Å². The van der Waals surface area contributed by atoms with Crippen molar-refractivity contribution in [2.45, 2.75) is 57.2 Å². The monoisotopic (exact) mass is 242 g/mol. The maximum atomic E-state index is 5.96. The molecule has 2 rings (SSSR count). The fraction of sp³-hybridized carbons (Fsp3) is 0.846. The standard InChI is InChI=1S/C13H23ClN2/c1-3-6-16(9-10(2)14)13-7-11-4-5-12(8-13)15-11/h11-13,15H,2-9H2,1H3. The molecule has 2 fully saturated rings. The van der Waals surface area contributed by atoms with Crippen LogP contribution in [0.15, 0.2) is 11.6 Å². The Bertz CT molecular complexity index is 242. The first kappa shape index (κ1) is 12.4. The Labute approximate surface area is 104 Å². The first-order valence-electron chi connectivity index (χ1n) is 6.52. The lowest BCUT2D eigenvalue weighted by atomic mass is 9.98. The van der Waals surface area contributed by atoms with Crippen molar-refractivity contribution in [2.24, 2.45) is 0 Å². The van der Waals surface area contributed by atoms with Gasteiger partial charge in [-0.25, -0.2) is 0 Å². The number of nitrogens with one attached hydrogen (secondary N) is 1. The Kier molecular flexibility index (Phi) is 4.28. The summed E-state index contributed by atoms with van der Waals surface area (Å²) in [4.78, 5) is 2.53. The molecular formula is C13H23ClN2. The van der Waals surface area contributed by atoms with Crippen LogP contribution in [-0.2, 0) is 0 Å². The molecule has 0 amide bonds. The summed E-state index contributed by atoms with van der Waals surface area (Å²) >= 11 is 5.96. The minimum Gasteiger partial charge on any atom is -0.311 e. The Morgan fingerprint density at radius 1 is 1.38 bits per heavy atom. The highest BCUT2D eigenvalue weighted by molar-refractivity contribution is 6.29. The highest BCUT2D eigenvalue weighted by Gasteiger charge is 2.35. The van der Waals surface area contributed by atoms with Crippen molar-refractivity contribution >= 4 is 11.6 Å². The molecule has 2 aliphatic heterocycles. The van der Waals surface area contributed by atoms with E-state index in [0.717, 1.165) is 30.2 Å². The zero-order chi connectivity index (χ0) is 11.5. The lowest BCUT2D eigenvalue weighted by Crippen LogP contribution is -2.48. The van der Waals surface area contributed by atoms with Gasteiger partial charge in [-0.3, -0.25) is 4.90 Å². The summed E-state index contributed by atoms with van der Waals surface area (Å²) in [5.41, 5.74) is 0. The number of hydrogen-bond acceptors (Lipinski definition) is 2. The Hall–Kier alpha value is -0.0500. The number of halogens is 1. The maximum absolute atomic E-state index is 5.96. The van der Waals surface area contributed by atoms with Gasteiger partial charge in [0.15, 0.2) is 0 Å². The summed E-state index contributed by atoms with van der Waals surface area (Å²) < 4.78 is 0. The van der Waals surface area contributed by atoms with E-state index < -0.39 is 0 Å². The van der Waals surface area contributed by atoms with Crippen LogP contribution in [0.3, 0.4) is 0 Å². The molecule has 2 unspecified atom stereocenters. The maximum Gasteiger partial charge on any atom is 0.0338 e. The molecule has 3 heteroatoms. The lowest BCUT2D eigenvalue weighted by molar-refractivity contribution is 0.154. The van der Waals surface area contributed by atoms with Crippen LogP contribution < -0.4 is 5.32 Å². The van der Waals surface area contributed by atoms with Crippen LogP contribution >= 0.6 is 11.6 Å². The molecule has 0 aromatic rings. The number of nitrogens with zero attached hydrogens (tertiary/aromatic N) is 1. The van der Waals surface area contributed by atoms with E-state index in [1.54, 1.807) is 0 Å². The van der Waals surface area contributed by atoms with Crippen LogP contribution in [-0.4, -0.2) is 36.1 Å². The number of hydrogen-bond donors (Lipinski definition) is 1. The van der Waals surface area contributed by atoms with Crippen molar-refractivity contribution in [3.63, 3.8) is 0 Å². The van der Waals surface area contributed by atoms with Gasteiger partial charge >= 0.3 is 0 Å². The van der Waals surface area contributed by atoms with Crippen LogP contribution in [0.2, 0.25) is 0 Å². The number of piperidine rings is 1. The second-order valence-corrected chi connectivity index (χ2v) is 5.79. The molecule has 2 saturated heterocycles. The van der Waals surface area contributed by atoms with Crippen LogP contribution in [0.4, 0.5) is 0 Å². The molecular weight excluding hydrogens is 220 g/mol. The van der Waals surface area contributed by atoms with Crippen LogP contribution in [0.1, 0.15) is 39.0 Å². The van der Waals surface area contributed by atoms with Crippen molar-refractivity contribution < 1.29 is 0 Å². The summed E-state index contributed by atoms with van der Waals surface area (Å²) in [6.45, 7) is 8.08.